The van der Waals surface area contributed by atoms with Gasteiger partial charge in [0.15, 0.2) is 11.5 Å². The van der Waals surface area contributed by atoms with Crippen molar-refractivity contribution >= 4 is 0 Å². The van der Waals surface area contributed by atoms with E-state index in [0.29, 0.717) is 6.79 Å². The average molecular weight is 259 g/mol. The molecule has 1 aliphatic rings. The van der Waals surface area contributed by atoms with Gasteiger partial charge in [0.25, 0.3) is 0 Å². The number of hydrogen-bond donors (Lipinski definition) is 1. The molecule has 0 atom stereocenters. The summed E-state index contributed by atoms with van der Waals surface area (Å²) in [5, 5.41) is 3.14. The zero-order chi connectivity index (χ0) is 13.2. The smallest absolute Gasteiger partial charge is 0.231 e. The van der Waals surface area contributed by atoms with Crippen molar-refractivity contribution in [2.75, 3.05) is 20.4 Å². The molecule has 1 aromatic carbocycles. The second-order valence-corrected chi connectivity index (χ2v) is 4.57. The van der Waals surface area contributed by atoms with Crippen LogP contribution in [0.4, 0.5) is 0 Å². The highest BCUT2D eigenvalue weighted by atomic mass is 16.7. The van der Waals surface area contributed by atoms with Crippen LogP contribution in [0.3, 0.4) is 0 Å². The van der Waals surface area contributed by atoms with Crippen LogP contribution in [0.15, 0.2) is 24.4 Å². The van der Waals surface area contributed by atoms with E-state index in [1.165, 1.54) is 0 Å². The maximum Gasteiger partial charge on any atom is 0.231 e. The van der Waals surface area contributed by atoms with Crippen LogP contribution in [0, 0.1) is 0 Å². The lowest BCUT2D eigenvalue weighted by Gasteiger charge is -1.99. The Bertz CT molecular complexity index is 592. The van der Waals surface area contributed by atoms with Gasteiger partial charge in [0.2, 0.25) is 6.79 Å². The van der Waals surface area contributed by atoms with Crippen molar-refractivity contribution in [3.05, 3.63) is 30.2 Å². The fourth-order valence-electron chi connectivity index (χ4n) is 2.17. The third kappa shape index (κ3) is 2.29. The number of ether oxygens (including phenoxy) is 2. The van der Waals surface area contributed by atoms with E-state index in [1.54, 1.807) is 0 Å². The van der Waals surface area contributed by atoms with Crippen molar-refractivity contribution in [2.45, 2.75) is 6.42 Å². The van der Waals surface area contributed by atoms with E-state index in [1.807, 2.05) is 38.5 Å². The van der Waals surface area contributed by atoms with Gasteiger partial charge in [-0.1, -0.05) is 0 Å². The van der Waals surface area contributed by atoms with Crippen molar-refractivity contribution in [1.82, 2.24) is 14.9 Å². The monoisotopic (exact) mass is 259 g/mol. The molecule has 0 spiro atoms. The summed E-state index contributed by atoms with van der Waals surface area (Å²) in [6, 6.07) is 5.92. The van der Waals surface area contributed by atoms with Gasteiger partial charge in [0, 0.05) is 31.8 Å². The molecule has 2 aromatic rings. The molecule has 0 saturated carbocycles. The Morgan fingerprint density at radius 3 is 3.00 bits per heavy atom. The van der Waals surface area contributed by atoms with Gasteiger partial charge in [-0.25, -0.2) is 4.98 Å². The Labute approximate surface area is 112 Å². The molecule has 19 heavy (non-hydrogen) atoms. The number of benzene rings is 1. The molecule has 2 heterocycles. The Balaban J connectivity index is 1.89. The molecule has 5 heteroatoms. The van der Waals surface area contributed by atoms with Gasteiger partial charge >= 0.3 is 0 Å². The summed E-state index contributed by atoms with van der Waals surface area (Å²) in [6.07, 6.45) is 2.96. The third-order valence-electron chi connectivity index (χ3n) is 3.24. The van der Waals surface area contributed by atoms with Crippen LogP contribution in [0.5, 0.6) is 11.5 Å². The molecule has 1 aromatic heterocycles. The van der Waals surface area contributed by atoms with E-state index >= 15 is 0 Å². The number of fused-ring (bicyclic) bond motifs is 1. The average Bonchev–Trinajstić information content (AvgIpc) is 3.02. The highest BCUT2D eigenvalue weighted by Crippen LogP contribution is 2.35. The van der Waals surface area contributed by atoms with Gasteiger partial charge < -0.3 is 19.4 Å². The van der Waals surface area contributed by atoms with Gasteiger partial charge in [-0.2, -0.15) is 0 Å². The summed E-state index contributed by atoms with van der Waals surface area (Å²) in [6.45, 7) is 1.22. The van der Waals surface area contributed by atoms with Gasteiger partial charge in [-0.05, 0) is 25.2 Å². The predicted molar refractivity (Wildman–Crippen MR) is 72.4 cm³/mol. The largest absolute Gasteiger partial charge is 0.454 e. The molecular formula is C14H17N3O2. The summed E-state index contributed by atoms with van der Waals surface area (Å²) in [4.78, 5) is 4.67. The van der Waals surface area contributed by atoms with Crippen LogP contribution in [-0.2, 0) is 13.5 Å². The number of nitrogens with one attached hydrogen (secondary N) is 1. The fraction of sp³-hybridized carbons (Fsp3) is 0.357. The summed E-state index contributed by atoms with van der Waals surface area (Å²) in [7, 11) is 3.97. The Morgan fingerprint density at radius 1 is 1.32 bits per heavy atom. The molecule has 0 bridgehead atoms. The first-order chi connectivity index (χ1) is 9.28. The molecule has 1 aliphatic heterocycles. The minimum absolute atomic E-state index is 0.300. The van der Waals surface area contributed by atoms with Crippen molar-refractivity contribution in [1.29, 1.82) is 0 Å². The zero-order valence-corrected chi connectivity index (χ0v) is 11.1. The first-order valence-electron chi connectivity index (χ1n) is 6.35. The Kier molecular flexibility index (Phi) is 3.13. The quantitative estimate of drug-likeness (QED) is 0.905. The molecule has 0 aliphatic carbocycles. The minimum Gasteiger partial charge on any atom is -0.454 e. The SMILES string of the molecule is CNCCc1nc(-c2ccc3c(c2)OCO3)cn1C. The molecule has 0 amide bonds. The highest BCUT2D eigenvalue weighted by molar-refractivity contribution is 5.64. The molecule has 1 N–H and O–H groups in total. The number of rotatable bonds is 4. The van der Waals surface area contributed by atoms with Gasteiger partial charge in [0.05, 0.1) is 5.69 Å². The van der Waals surface area contributed by atoms with E-state index in [-0.39, 0.29) is 0 Å². The molecule has 0 saturated heterocycles. The fourth-order valence-corrected chi connectivity index (χ4v) is 2.17. The lowest BCUT2D eigenvalue weighted by molar-refractivity contribution is 0.174. The van der Waals surface area contributed by atoms with Crippen LogP contribution in [0.1, 0.15) is 5.82 Å². The van der Waals surface area contributed by atoms with Gasteiger partial charge in [-0.15, -0.1) is 0 Å². The lowest BCUT2D eigenvalue weighted by Crippen LogP contribution is -2.12. The Hall–Kier alpha value is -2.01. The van der Waals surface area contributed by atoms with Crippen LogP contribution < -0.4 is 14.8 Å². The molecule has 0 unspecified atom stereocenters. The van der Waals surface area contributed by atoms with Gasteiger partial charge in [-0.3, -0.25) is 0 Å². The van der Waals surface area contributed by atoms with Crippen molar-refractivity contribution in [3.63, 3.8) is 0 Å². The van der Waals surface area contributed by atoms with Crippen molar-refractivity contribution in [2.24, 2.45) is 7.05 Å². The number of nitrogens with zero attached hydrogens (tertiary/aromatic N) is 2. The first kappa shape index (κ1) is 12.0. The molecule has 5 nitrogen and oxygen atoms in total. The van der Waals surface area contributed by atoms with Gasteiger partial charge in [0.1, 0.15) is 5.82 Å². The summed E-state index contributed by atoms with van der Waals surface area (Å²) < 4.78 is 12.8. The molecule has 0 fully saturated rings. The maximum absolute atomic E-state index is 5.40. The second-order valence-electron chi connectivity index (χ2n) is 4.57. The number of aryl methyl sites for hydroxylation is 1. The maximum atomic E-state index is 5.40. The topological polar surface area (TPSA) is 48.3 Å². The van der Waals surface area contributed by atoms with E-state index in [0.717, 1.165) is 41.5 Å². The van der Waals surface area contributed by atoms with Crippen LogP contribution in [-0.4, -0.2) is 29.9 Å². The molecule has 100 valence electrons. The number of hydrogen-bond acceptors (Lipinski definition) is 4. The van der Waals surface area contributed by atoms with Crippen molar-refractivity contribution in [3.8, 4) is 22.8 Å². The van der Waals surface area contributed by atoms with E-state index in [4.69, 9.17) is 9.47 Å². The summed E-state index contributed by atoms with van der Waals surface area (Å²) in [5.74, 6) is 2.66. The number of likely N-dealkylation sites (N-methyl/N-ethyl adjacent to an activating group) is 1. The molecule has 3 rings (SSSR count). The molecule has 0 radical (unpaired) electrons. The zero-order valence-electron chi connectivity index (χ0n) is 11.1. The normalized spacial score (nSPS) is 12.9. The second kappa shape index (κ2) is 4.93. The van der Waals surface area contributed by atoms with Crippen molar-refractivity contribution < 1.29 is 9.47 Å². The Morgan fingerprint density at radius 2 is 2.16 bits per heavy atom. The van der Waals surface area contributed by atoms with Crippen LogP contribution in [0.2, 0.25) is 0 Å². The number of aromatic nitrogens is 2. The standard InChI is InChI=1S/C14H17N3O2/c1-15-6-5-14-16-11(8-17(14)2)10-3-4-12-13(7-10)19-9-18-12/h3-4,7-8,15H,5-6,9H2,1-2H3. The molecular weight excluding hydrogens is 242 g/mol. The van der Waals surface area contributed by atoms with Crippen LogP contribution >= 0.6 is 0 Å². The lowest BCUT2D eigenvalue weighted by atomic mass is 10.1. The first-order valence-corrected chi connectivity index (χ1v) is 6.35. The summed E-state index contributed by atoms with van der Waals surface area (Å²) >= 11 is 0. The third-order valence-corrected chi connectivity index (χ3v) is 3.24. The van der Waals surface area contributed by atoms with E-state index in [2.05, 4.69) is 14.9 Å². The number of imidazole rings is 1. The predicted octanol–water partition coefficient (Wildman–Crippen LogP) is 1.58. The summed E-state index contributed by atoms with van der Waals surface area (Å²) in [5.41, 5.74) is 2.02. The minimum atomic E-state index is 0.300. The highest BCUT2D eigenvalue weighted by Gasteiger charge is 2.15. The van der Waals surface area contributed by atoms with E-state index in [9.17, 15) is 0 Å². The van der Waals surface area contributed by atoms with E-state index < -0.39 is 0 Å². The van der Waals surface area contributed by atoms with Crippen LogP contribution in [0.25, 0.3) is 11.3 Å².